The van der Waals surface area contributed by atoms with Crippen LogP contribution in [0.1, 0.15) is 11.1 Å². The molecule has 1 aliphatic heterocycles. The van der Waals surface area contributed by atoms with Crippen molar-refractivity contribution in [2.75, 3.05) is 13.2 Å². The fourth-order valence-corrected chi connectivity index (χ4v) is 2.63. The molecule has 16 heavy (non-hydrogen) atoms. The van der Waals surface area contributed by atoms with Gasteiger partial charge in [-0.1, -0.05) is 6.07 Å². The van der Waals surface area contributed by atoms with Crippen LogP contribution in [0.15, 0.2) is 12.1 Å². The zero-order chi connectivity index (χ0) is 11.1. The lowest BCUT2D eigenvalue weighted by molar-refractivity contribution is -0.00778. The van der Waals surface area contributed by atoms with Gasteiger partial charge in [0.2, 0.25) is 0 Å². The molecule has 2 unspecified atom stereocenters. The van der Waals surface area contributed by atoms with Gasteiger partial charge in [0.25, 0.3) is 0 Å². The van der Waals surface area contributed by atoms with Crippen molar-refractivity contribution in [3.05, 3.63) is 23.3 Å². The average Bonchev–Trinajstić information content (AvgIpc) is 2.32. The number of rotatable bonds is 0. The maximum Gasteiger partial charge on any atom is 0.161 e. The first-order valence-corrected chi connectivity index (χ1v) is 5.63. The molecule has 0 amide bonds. The summed E-state index contributed by atoms with van der Waals surface area (Å²) in [6, 6.07) is 3.78. The first-order chi connectivity index (χ1) is 7.75. The molecule has 2 aliphatic rings. The summed E-state index contributed by atoms with van der Waals surface area (Å²) in [5.74, 6) is -0.0221. The van der Waals surface area contributed by atoms with Crippen molar-refractivity contribution in [2.24, 2.45) is 0 Å². The molecular formula is C12H15NO3. The monoisotopic (exact) mass is 221 g/mol. The van der Waals surface area contributed by atoms with Gasteiger partial charge in [-0.3, -0.25) is 0 Å². The van der Waals surface area contributed by atoms with Gasteiger partial charge in [0.15, 0.2) is 11.5 Å². The van der Waals surface area contributed by atoms with E-state index in [4.69, 9.17) is 4.74 Å². The maximum atomic E-state index is 9.81. The zero-order valence-corrected chi connectivity index (χ0v) is 8.94. The van der Waals surface area contributed by atoms with Crippen molar-refractivity contribution in [1.29, 1.82) is 0 Å². The molecule has 86 valence electrons. The van der Waals surface area contributed by atoms with Gasteiger partial charge in [-0.15, -0.1) is 0 Å². The number of aromatic hydroxyl groups is 2. The van der Waals surface area contributed by atoms with Crippen molar-refractivity contribution in [2.45, 2.75) is 25.0 Å². The summed E-state index contributed by atoms with van der Waals surface area (Å²) in [5, 5.41) is 22.7. The number of benzene rings is 1. The van der Waals surface area contributed by atoms with Crippen molar-refractivity contribution < 1.29 is 14.9 Å². The van der Waals surface area contributed by atoms with Gasteiger partial charge in [0, 0.05) is 24.6 Å². The van der Waals surface area contributed by atoms with Crippen LogP contribution in [0.3, 0.4) is 0 Å². The molecule has 0 aromatic heterocycles. The van der Waals surface area contributed by atoms with Crippen molar-refractivity contribution >= 4 is 0 Å². The molecule has 3 rings (SSSR count). The first-order valence-electron chi connectivity index (χ1n) is 5.63. The van der Waals surface area contributed by atoms with Crippen LogP contribution in [0.25, 0.3) is 0 Å². The SMILES string of the molecule is Oc1ccc2c(c1O)CC1OCCNC1C2. The number of fused-ring (bicyclic) bond motifs is 2. The Morgan fingerprint density at radius 1 is 1.25 bits per heavy atom. The number of nitrogens with one attached hydrogen (secondary N) is 1. The quantitative estimate of drug-likeness (QED) is 0.560. The van der Waals surface area contributed by atoms with Gasteiger partial charge >= 0.3 is 0 Å². The van der Waals surface area contributed by atoms with E-state index in [2.05, 4.69) is 5.32 Å². The van der Waals surface area contributed by atoms with Gasteiger partial charge < -0.3 is 20.3 Å². The highest BCUT2D eigenvalue weighted by atomic mass is 16.5. The van der Waals surface area contributed by atoms with Crippen LogP contribution in [0.2, 0.25) is 0 Å². The van der Waals surface area contributed by atoms with Crippen molar-refractivity contribution in [1.82, 2.24) is 5.32 Å². The molecule has 1 aromatic carbocycles. The Morgan fingerprint density at radius 3 is 3.00 bits per heavy atom. The molecular weight excluding hydrogens is 206 g/mol. The Bertz CT molecular complexity index is 419. The predicted molar refractivity (Wildman–Crippen MR) is 58.7 cm³/mol. The Kier molecular flexibility index (Phi) is 2.26. The van der Waals surface area contributed by atoms with E-state index in [9.17, 15) is 10.2 Å². The van der Waals surface area contributed by atoms with E-state index in [-0.39, 0.29) is 17.6 Å². The molecule has 0 bridgehead atoms. The maximum absolute atomic E-state index is 9.81. The molecule has 1 heterocycles. The van der Waals surface area contributed by atoms with Crippen LogP contribution in [0.5, 0.6) is 11.5 Å². The largest absolute Gasteiger partial charge is 0.504 e. The third-order valence-electron chi connectivity index (χ3n) is 3.49. The average molecular weight is 221 g/mol. The first kappa shape index (κ1) is 9.93. The lowest BCUT2D eigenvalue weighted by Gasteiger charge is -2.37. The third-order valence-corrected chi connectivity index (χ3v) is 3.49. The van der Waals surface area contributed by atoms with Crippen LogP contribution in [0, 0.1) is 0 Å². The van der Waals surface area contributed by atoms with Crippen LogP contribution >= 0.6 is 0 Å². The molecule has 1 saturated heterocycles. The molecule has 1 aliphatic carbocycles. The number of phenols is 2. The summed E-state index contributed by atoms with van der Waals surface area (Å²) in [4.78, 5) is 0. The normalized spacial score (nSPS) is 28.2. The van der Waals surface area contributed by atoms with E-state index in [1.807, 2.05) is 6.07 Å². The molecule has 2 atom stereocenters. The minimum atomic E-state index is -0.0408. The Morgan fingerprint density at radius 2 is 2.12 bits per heavy atom. The second kappa shape index (κ2) is 3.64. The molecule has 4 nitrogen and oxygen atoms in total. The van der Waals surface area contributed by atoms with E-state index in [0.29, 0.717) is 12.5 Å². The summed E-state index contributed by atoms with van der Waals surface area (Å²) in [5.41, 5.74) is 1.94. The van der Waals surface area contributed by atoms with Gasteiger partial charge in [-0.25, -0.2) is 0 Å². The highest BCUT2D eigenvalue weighted by Crippen LogP contribution is 2.36. The third kappa shape index (κ3) is 1.45. The number of morpholine rings is 1. The fraction of sp³-hybridized carbons (Fsp3) is 0.500. The van der Waals surface area contributed by atoms with Gasteiger partial charge in [-0.2, -0.15) is 0 Å². The molecule has 0 spiro atoms. The minimum Gasteiger partial charge on any atom is -0.504 e. The Balaban J connectivity index is 1.98. The summed E-state index contributed by atoms with van der Waals surface area (Å²) in [6.45, 7) is 1.61. The second-order valence-corrected chi connectivity index (χ2v) is 4.45. The topological polar surface area (TPSA) is 61.7 Å². The second-order valence-electron chi connectivity index (χ2n) is 4.45. The van der Waals surface area contributed by atoms with E-state index < -0.39 is 0 Å². The van der Waals surface area contributed by atoms with Gasteiger partial charge in [0.1, 0.15) is 0 Å². The molecule has 0 saturated carbocycles. The van der Waals surface area contributed by atoms with Crippen LogP contribution in [-0.4, -0.2) is 35.5 Å². The highest BCUT2D eigenvalue weighted by molar-refractivity contribution is 5.50. The minimum absolute atomic E-state index is 0.0186. The van der Waals surface area contributed by atoms with Crippen LogP contribution < -0.4 is 5.32 Å². The smallest absolute Gasteiger partial charge is 0.161 e. The number of phenolic OH excluding ortho intramolecular Hbond substituents is 2. The fourth-order valence-electron chi connectivity index (χ4n) is 2.63. The summed E-state index contributed by atoms with van der Waals surface area (Å²) < 4.78 is 5.68. The van der Waals surface area contributed by atoms with E-state index in [0.717, 1.165) is 30.7 Å². The summed E-state index contributed by atoms with van der Waals surface area (Å²) in [7, 11) is 0. The molecule has 0 radical (unpaired) electrons. The van der Waals surface area contributed by atoms with Gasteiger partial charge in [-0.05, 0) is 18.1 Å². The van der Waals surface area contributed by atoms with Crippen LogP contribution in [-0.2, 0) is 17.6 Å². The Hall–Kier alpha value is -1.26. The summed E-state index contributed by atoms with van der Waals surface area (Å²) in [6.07, 6.45) is 1.65. The number of hydrogen-bond acceptors (Lipinski definition) is 4. The Labute approximate surface area is 93.9 Å². The van der Waals surface area contributed by atoms with E-state index in [1.54, 1.807) is 6.07 Å². The highest BCUT2D eigenvalue weighted by Gasteiger charge is 2.33. The lowest BCUT2D eigenvalue weighted by Crippen LogP contribution is -2.52. The number of hydrogen-bond donors (Lipinski definition) is 3. The van der Waals surface area contributed by atoms with E-state index in [1.165, 1.54) is 0 Å². The molecule has 1 fully saturated rings. The summed E-state index contributed by atoms with van der Waals surface area (Å²) >= 11 is 0. The van der Waals surface area contributed by atoms with Gasteiger partial charge in [0.05, 0.1) is 12.7 Å². The van der Waals surface area contributed by atoms with E-state index >= 15 is 0 Å². The zero-order valence-electron chi connectivity index (χ0n) is 8.94. The standard InChI is InChI=1S/C12H15NO3/c14-10-2-1-7-5-9-11(16-4-3-13-9)6-8(7)12(10)15/h1-2,9,11,13-15H,3-6H2. The molecule has 4 heteroatoms. The van der Waals surface area contributed by atoms with Crippen LogP contribution in [0.4, 0.5) is 0 Å². The van der Waals surface area contributed by atoms with Crippen molar-refractivity contribution in [3.63, 3.8) is 0 Å². The predicted octanol–water partition coefficient (Wildman–Crippen LogP) is 0.553. The van der Waals surface area contributed by atoms with Crippen molar-refractivity contribution in [3.8, 4) is 11.5 Å². The molecule has 3 N–H and O–H groups in total. The molecule has 1 aromatic rings. The number of ether oxygens (including phenoxy) is 1. The lowest BCUT2D eigenvalue weighted by atomic mass is 9.84.